The van der Waals surface area contributed by atoms with Crippen molar-refractivity contribution < 1.29 is 19.2 Å². The lowest BCUT2D eigenvalue weighted by molar-refractivity contribution is -0.497. The molecule has 1 aliphatic heterocycles. The van der Waals surface area contributed by atoms with Crippen LogP contribution in [-0.4, -0.2) is 35.5 Å². The molecule has 3 unspecified atom stereocenters. The Kier molecular flexibility index (Phi) is 3.70. The Morgan fingerprint density at radius 1 is 1.39 bits per heavy atom. The molecule has 3 rings (SSSR count). The number of esters is 1. The zero-order chi connectivity index (χ0) is 16.6. The van der Waals surface area contributed by atoms with Crippen molar-refractivity contribution in [2.45, 2.75) is 25.0 Å². The molecule has 1 heterocycles. The van der Waals surface area contributed by atoms with Gasteiger partial charge in [0.25, 0.3) is 5.91 Å². The Morgan fingerprint density at radius 2 is 2.09 bits per heavy atom. The number of carbonyl (C=O) groups excluding carboxylic acids is 2. The Labute approximate surface area is 131 Å². The van der Waals surface area contributed by atoms with Crippen molar-refractivity contribution in [3.8, 4) is 6.07 Å². The minimum Gasteiger partial charge on any atom is -0.452 e. The normalized spacial score (nSPS) is 25.8. The number of benzene rings is 1. The topological polar surface area (TPSA) is 114 Å². The summed E-state index contributed by atoms with van der Waals surface area (Å²) in [5.41, 5.74) is 1.12. The highest BCUT2D eigenvalue weighted by Crippen LogP contribution is 2.35. The molecule has 2 fully saturated rings. The molecule has 118 valence electrons. The van der Waals surface area contributed by atoms with Gasteiger partial charge < -0.3 is 9.64 Å². The molecule has 3 atom stereocenters. The molecule has 23 heavy (non-hydrogen) atoms. The third kappa shape index (κ3) is 2.85. The van der Waals surface area contributed by atoms with Crippen molar-refractivity contribution in [1.29, 1.82) is 5.26 Å². The first kappa shape index (κ1) is 15.0. The van der Waals surface area contributed by atoms with Crippen LogP contribution in [0.4, 0.5) is 5.69 Å². The van der Waals surface area contributed by atoms with Crippen LogP contribution >= 0.6 is 0 Å². The van der Waals surface area contributed by atoms with E-state index in [9.17, 15) is 19.7 Å². The van der Waals surface area contributed by atoms with Gasteiger partial charge in [-0.3, -0.25) is 19.7 Å². The number of anilines is 1. The summed E-state index contributed by atoms with van der Waals surface area (Å²) >= 11 is 0. The van der Waals surface area contributed by atoms with E-state index in [4.69, 9.17) is 10.00 Å². The van der Waals surface area contributed by atoms with E-state index >= 15 is 0 Å². The summed E-state index contributed by atoms with van der Waals surface area (Å²) in [6.07, 6.45) is -0.377. The van der Waals surface area contributed by atoms with Gasteiger partial charge in [0.15, 0.2) is 6.10 Å². The SMILES string of the molecule is N#Cc1ccc(N2CCC(OC(=O)C3CC3[N+](=O)[O-])C2=O)cc1. The third-order valence-corrected chi connectivity index (χ3v) is 4.05. The van der Waals surface area contributed by atoms with Crippen molar-refractivity contribution in [1.82, 2.24) is 0 Å². The fourth-order valence-corrected chi connectivity index (χ4v) is 2.63. The van der Waals surface area contributed by atoms with E-state index in [-0.39, 0.29) is 12.3 Å². The molecule has 0 aromatic heterocycles. The average molecular weight is 315 g/mol. The van der Waals surface area contributed by atoms with Gasteiger partial charge >= 0.3 is 5.97 Å². The van der Waals surface area contributed by atoms with Crippen molar-refractivity contribution >= 4 is 17.6 Å². The van der Waals surface area contributed by atoms with Crippen LogP contribution < -0.4 is 4.90 Å². The standard InChI is InChI=1S/C15H13N3O5/c16-8-9-1-3-10(4-2-9)17-6-5-13(14(17)19)23-15(20)11-7-12(11)18(21)22/h1-4,11-13H,5-7H2. The molecule has 1 saturated heterocycles. The van der Waals surface area contributed by atoms with E-state index < -0.39 is 29.0 Å². The number of hydrogen-bond acceptors (Lipinski definition) is 6. The Morgan fingerprint density at radius 3 is 2.65 bits per heavy atom. The summed E-state index contributed by atoms with van der Waals surface area (Å²) in [6.45, 7) is 0.395. The minimum absolute atomic E-state index is 0.173. The molecule has 0 radical (unpaired) electrons. The molecule has 8 nitrogen and oxygen atoms in total. The van der Waals surface area contributed by atoms with E-state index in [0.29, 0.717) is 24.2 Å². The zero-order valence-corrected chi connectivity index (χ0v) is 12.0. The van der Waals surface area contributed by atoms with Crippen LogP contribution in [0.5, 0.6) is 0 Å². The zero-order valence-electron chi connectivity index (χ0n) is 12.0. The number of amides is 1. The quantitative estimate of drug-likeness (QED) is 0.463. The molecule has 0 N–H and O–H groups in total. The lowest BCUT2D eigenvalue weighted by Crippen LogP contribution is -2.32. The van der Waals surface area contributed by atoms with Gasteiger partial charge in [-0.1, -0.05) is 0 Å². The van der Waals surface area contributed by atoms with Gasteiger partial charge in [-0.2, -0.15) is 5.26 Å². The van der Waals surface area contributed by atoms with Crippen molar-refractivity contribution in [2.75, 3.05) is 11.4 Å². The molecule has 1 amide bonds. The van der Waals surface area contributed by atoms with E-state index in [1.165, 1.54) is 4.90 Å². The van der Waals surface area contributed by atoms with Gasteiger partial charge in [0.05, 0.1) is 11.6 Å². The molecule has 1 aromatic carbocycles. The lowest BCUT2D eigenvalue weighted by atomic mass is 10.2. The van der Waals surface area contributed by atoms with Crippen LogP contribution in [0.3, 0.4) is 0 Å². The second-order valence-corrected chi connectivity index (χ2v) is 5.56. The molecule has 0 spiro atoms. The first-order chi connectivity index (χ1) is 11.0. The smallest absolute Gasteiger partial charge is 0.317 e. The van der Waals surface area contributed by atoms with Gasteiger partial charge in [0, 0.05) is 30.0 Å². The van der Waals surface area contributed by atoms with Crippen molar-refractivity contribution in [3.05, 3.63) is 39.9 Å². The van der Waals surface area contributed by atoms with Gasteiger partial charge in [-0.05, 0) is 24.3 Å². The Hall–Kier alpha value is -2.95. The minimum atomic E-state index is -0.897. The van der Waals surface area contributed by atoms with Crippen LogP contribution in [0.15, 0.2) is 24.3 Å². The van der Waals surface area contributed by atoms with Gasteiger partial charge in [0.2, 0.25) is 6.04 Å². The largest absolute Gasteiger partial charge is 0.452 e. The van der Waals surface area contributed by atoms with E-state index in [2.05, 4.69) is 0 Å². The van der Waals surface area contributed by atoms with Crippen LogP contribution in [0.2, 0.25) is 0 Å². The van der Waals surface area contributed by atoms with Crippen LogP contribution in [0, 0.1) is 27.4 Å². The van der Waals surface area contributed by atoms with Crippen LogP contribution in [0.25, 0.3) is 0 Å². The molecule has 8 heteroatoms. The number of hydrogen-bond donors (Lipinski definition) is 0. The highest BCUT2D eigenvalue weighted by atomic mass is 16.6. The van der Waals surface area contributed by atoms with Crippen molar-refractivity contribution in [2.24, 2.45) is 5.92 Å². The predicted molar refractivity (Wildman–Crippen MR) is 76.9 cm³/mol. The maximum absolute atomic E-state index is 12.3. The summed E-state index contributed by atoms with van der Waals surface area (Å²) in [5.74, 6) is -1.75. The van der Waals surface area contributed by atoms with E-state index in [0.717, 1.165) is 0 Å². The molecule has 0 bridgehead atoms. The van der Waals surface area contributed by atoms with Crippen LogP contribution in [0.1, 0.15) is 18.4 Å². The fourth-order valence-electron chi connectivity index (χ4n) is 2.63. The maximum Gasteiger partial charge on any atom is 0.317 e. The number of rotatable bonds is 4. The highest BCUT2D eigenvalue weighted by molar-refractivity contribution is 6.00. The highest BCUT2D eigenvalue weighted by Gasteiger charge is 2.55. The summed E-state index contributed by atoms with van der Waals surface area (Å²) in [4.78, 5) is 35.7. The summed E-state index contributed by atoms with van der Waals surface area (Å²) in [6, 6.07) is 7.64. The monoisotopic (exact) mass is 315 g/mol. The van der Waals surface area contributed by atoms with E-state index in [1.807, 2.05) is 6.07 Å². The predicted octanol–water partition coefficient (Wildman–Crippen LogP) is 0.872. The molecule has 1 saturated carbocycles. The molecular weight excluding hydrogens is 302 g/mol. The Balaban J connectivity index is 1.61. The third-order valence-electron chi connectivity index (χ3n) is 4.05. The first-order valence-corrected chi connectivity index (χ1v) is 7.17. The fraction of sp³-hybridized carbons (Fsp3) is 0.400. The van der Waals surface area contributed by atoms with Gasteiger partial charge in [-0.15, -0.1) is 0 Å². The first-order valence-electron chi connectivity index (χ1n) is 7.17. The van der Waals surface area contributed by atoms with E-state index in [1.54, 1.807) is 24.3 Å². The van der Waals surface area contributed by atoms with Gasteiger partial charge in [0.1, 0.15) is 5.92 Å². The number of carbonyl (C=O) groups is 2. The second kappa shape index (κ2) is 5.68. The van der Waals surface area contributed by atoms with Crippen LogP contribution in [-0.2, 0) is 14.3 Å². The number of nitrogens with zero attached hydrogens (tertiary/aromatic N) is 3. The second-order valence-electron chi connectivity index (χ2n) is 5.56. The summed E-state index contributed by atoms with van der Waals surface area (Å²) < 4.78 is 5.14. The summed E-state index contributed by atoms with van der Waals surface area (Å²) in [5, 5.41) is 19.3. The number of nitriles is 1. The molecule has 1 aromatic rings. The molecule has 1 aliphatic carbocycles. The lowest BCUT2D eigenvalue weighted by Gasteiger charge is -2.16. The molecule has 2 aliphatic rings. The van der Waals surface area contributed by atoms with Crippen molar-refractivity contribution in [3.63, 3.8) is 0 Å². The maximum atomic E-state index is 12.3. The number of nitro groups is 1. The van der Waals surface area contributed by atoms with Gasteiger partial charge in [-0.25, -0.2) is 0 Å². The number of ether oxygens (including phenoxy) is 1. The molecular formula is C15H13N3O5. The summed E-state index contributed by atoms with van der Waals surface area (Å²) in [7, 11) is 0. The average Bonchev–Trinajstić information content (AvgIpc) is 3.28. The Bertz CT molecular complexity index is 709.